The van der Waals surface area contributed by atoms with Crippen LogP contribution in [-0.2, 0) is 4.74 Å². The number of ether oxygens (including phenoxy) is 1. The van der Waals surface area contributed by atoms with Crippen LogP contribution in [0.4, 0.5) is 13.2 Å². The Morgan fingerprint density at radius 3 is 2.67 bits per heavy atom. The second-order valence-electron chi connectivity index (χ2n) is 4.06. The van der Waals surface area contributed by atoms with Crippen LogP contribution in [0.15, 0.2) is 11.6 Å². The van der Waals surface area contributed by atoms with Crippen molar-refractivity contribution in [1.29, 1.82) is 5.26 Å². The van der Waals surface area contributed by atoms with Gasteiger partial charge in [-0.1, -0.05) is 11.6 Å². The first kappa shape index (κ1) is 10.5. The van der Waals surface area contributed by atoms with Gasteiger partial charge in [0.1, 0.15) is 6.61 Å². The highest BCUT2D eigenvalue weighted by Crippen LogP contribution is 2.58. The Hall–Kier alpha value is -1.02. The zero-order valence-electron chi connectivity index (χ0n) is 8.08. The van der Waals surface area contributed by atoms with E-state index in [4.69, 9.17) is 10.00 Å². The standard InChI is InChI=1S/C10H10F3NO/c1-5-2-7(15-4-10(11,12)13)9-6(3-14)8(5)9/h2,6-9H,4H2,1H3/t6-,7-,8-,9-/m0/s1. The molecule has 0 N–H and O–H groups in total. The highest BCUT2D eigenvalue weighted by atomic mass is 19.4. The summed E-state index contributed by atoms with van der Waals surface area (Å²) in [5.74, 6) is -0.0567. The van der Waals surface area contributed by atoms with Crippen molar-refractivity contribution in [3.05, 3.63) is 11.6 Å². The molecule has 15 heavy (non-hydrogen) atoms. The zero-order valence-corrected chi connectivity index (χ0v) is 8.08. The van der Waals surface area contributed by atoms with Crippen LogP contribution in [0.1, 0.15) is 6.92 Å². The first-order valence-electron chi connectivity index (χ1n) is 4.70. The van der Waals surface area contributed by atoms with Crippen LogP contribution in [-0.4, -0.2) is 18.9 Å². The van der Waals surface area contributed by atoms with E-state index >= 15 is 0 Å². The molecule has 0 aromatic carbocycles. The second-order valence-corrected chi connectivity index (χ2v) is 4.06. The predicted molar refractivity (Wildman–Crippen MR) is 45.6 cm³/mol. The molecular weight excluding hydrogens is 207 g/mol. The van der Waals surface area contributed by atoms with Crippen LogP contribution in [0, 0.1) is 29.1 Å². The van der Waals surface area contributed by atoms with Gasteiger partial charge in [-0.2, -0.15) is 18.4 Å². The number of nitrogens with zero attached hydrogens (tertiary/aromatic N) is 1. The Kier molecular flexibility index (Phi) is 2.27. The van der Waals surface area contributed by atoms with Gasteiger partial charge in [-0.05, 0) is 6.92 Å². The Morgan fingerprint density at radius 2 is 2.20 bits per heavy atom. The molecule has 0 aliphatic heterocycles. The van der Waals surface area contributed by atoms with E-state index in [1.165, 1.54) is 0 Å². The molecule has 0 saturated heterocycles. The number of halogens is 3. The lowest BCUT2D eigenvalue weighted by molar-refractivity contribution is -0.182. The number of alkyl halides is 3. The summed E-state index contributed by atoms with van der Waals surface area (Å²) in [6.45, 7) is 0.606. The van der Waals surface area contributed by atoms with E-state index in [0.29, 0.717) is 0 Å². The predicted octanol–water partition coefficient (Wildman–Crippen LogP) is 2.28. The summed E-state index contributed by atoms with van der Waals surface area (Å²) in [7, 11) is 0. The fraction of sp³-hybridized carbons (Fsp3) is 0.700. The molecule has 2 nitrogen and oxygen atoms in total. The summed E-state index contributed by atoms with van der Waals surface area (Å²) < 4.78 is 40.5. The molecule has 0 radical (unpaired) electrons. The average Bonchev–Trinajstić information content (AvgIpc) is 2.76. The van der Waals surface area contributed by atoms with E-state index in [1.54, 1.807) is 6.08 Å². The van der Waals surface area contributed by atoms with Gasteiger partial charge in [-0.3, -0.25) is 0 Å². The maximum absolute atomic E-state index is 11.9. The SMILES string of the molecule is CC1=C[C@H](OCC(F)(F)F)[C@@H]2[C@@H](C#N)[C@H]12. The minimum Gasteiger partial charge on any atom is -0.364 e. The van der Waals surface area contributed by atoms with Crippen molar-refractivity contribution in [1.82, 2.24) is 0 Å². The minimum atomic E-state index is -4.29. The first-order chi connectivity index (χ1) is 6.94. The normalized spacial score (nSPS) is 38.2. The lowest BCUT2D eigenvalue weighted by Crippen LogP contribution is -2.23. The van der Waals surface area contributed by atoms with E-state index < -0.39 is 18.9 Å². The van der Waals surface area contributed by atoms with Crippen LogP contribution < -0.4 is 0 Å². The number of rotatable bonds is 2. The topological polar surface area (TPSA) is 33.0 Å². The molecule has 0 aromatic heterocycles. The molecule has 0 unspecified atom stereocenters. The Labute approximate surface area is 85.3 Å². The lowest BCUT2D eigenvalue weighted by atomic mass is 10.1. The summed E-state index contributed by atoms with van der Waals surface area (Å²) in [5.41, 5.74) is 0.985. The molecule has 2 aliphatic rings. The van der Waals surface area contributed by atoms with Gasteiger partial charge in [0.15, 0.2) is 0 Å². The summed E-state index contributed by atoms with van der Waals surface area (Å²) in [6.07, 6.45) is -3.12. The number of hydrogen-bond acceptors (Lipinski definition) is 2. The van der Waals surface area contributed by atoms with E-state index in [0.717, 1.165) is 5.57 Å². The fourth-order valence-electron chi connectivity index (χ4n) is 2.33. The first-order valence-corrected chi connectivity index (χ1v) is 4.70. The largest absolute Gasteiger partial charge is 0.411 e. The highest BCUT2D eigenvalue weighted by Gasteiger charge is 2.59. The molecule has 0 aromatic rings. The molecule has 0 heterocycles. The van der Waals surface area contributed by atoms with Crippen LogP contribution in [0.25, 0.3) is 0 Å². The Balaban J connectivity index is 1.94. The van der Waals surface area contributed by atoms with Gasteiger partial charge >= 0.3 is 6.18 Å². The summed E-state index contributed by atoms with van der Waals surface area (Å²) >= 11 is 0. The monoisotopic (exact) mass is 217 g/mol. The molecular formula is C10H10F3NO. The smallest absolute Gasteiger partial charge is 0.364 e. The van der Waals surface area contributed by atoms with Crippen LogP contribution in [0.2, 0.25) is 0 Å². The molecule has 0 spiro atoms. The molecule has 5 heteroatoms. The third kappa shape index (κ3) is 1.86. The molecule has 4 atom stereocenters. The van der Waals surface area contributed by atoms with E-state index in [2.05, 4.69) is 6.07 Å². The molecule has 0 bridgehead atoms. The van der Waals surface area contributed by atoms with E-state index in [1.807, 2.05) is 6.92 Å². The third-order valence-electron chi connectivity index (χ3n) is 3.00. The summed E-state index contributed by atoms with van der Waals surface area (Å²) in [6, 6.07) is 2.10. The Morgan fingerprint density at radius 1 is 1.53 bits per heavy atom. The van der Waals surface area contributed by atoms with Crippen molar-refractivity contribution in [3.8, 4) is 6.07 Å². The Bertz CT molecular complexity index is 342. The van der Waals surface area contributed by atoms with Gasteiger partial charge in [0, 0.05) is 11.8 Å². The van der Waals surface area contributed by atoms with Crippen LogP contribution in [0.3, 0.4) is 0 Å². The average molecular weight is 217 g/mol. The zero-order chi connectivity index (χ0) is 11.2. The van der Waals surface area contributed by atoms with Gasteiger partial charge in [-0.15, -0.1) is 0 Å². The molecule has 1 saturated carbocycles. The molecule has 0 amide bonds. The van der Waals surface area contributed by atoms with Gasteiger partial charge in [0.25, 0.3) is 0 Å². The number of allylic oxidation sites excluding steroid dienone is 1. The maximum Gasteiger partial charge on any atom is 0.411 e. The number of fused-ring (bicyclic) bond motifs is 1. The van der Waals surface area contributed by atoms with Crippen molar-refractivity contribution >= 4 is 0 Å². The van der Waals surface area contributed by atoms with Crippen LogP contribution >= 0.6 is 0 Å². The van der Waals surface area contributed by atoms with Crippen molar-refractivity contribution in [3.63, 3.8) is 0 Å². The van der Waals surface area contributed by atoms with Crippen LogP contribution in [0.5, 0.6) is 0 Å². The summed E-state index contributed by atoms with van der Waals surface area (Å²) in [4.78, 5) is 0. The second kappa shape index (κ2) is 3.24. The molecule has 2 aliphatic carbocycles. The van der Waals surface area contributed by atoms with Gasteiger partial charge in [-0.25, -0.2) is 0 Å². The molecule has 2 rings (SSSR count). The van der Waals surface area contributed by atoms with Crippen molar-refractivity contribution < 1.29 is 17.9 Å². The fourth-order valence-corrected chi connectivity index (χ4v) is 2.33. The van der Waals surface area contributed by atoms with Gasteiger partial charge in [0.2, 0.25) is 0 Å². The highest BCUT2D eigenvalue weighted by molar-refractivity contribution is 5.33. The van der Waals surface area contributed by atoms with Crippen molar-refractivity contribution in [2.75, 3.05) is 6.61 Å². The number of nitriles is 1. The van der Waals surface area contributed by atoms with Crippen molar-refractivity contribution in [2.45, 2.75) is 19.2 Å². The lowest BCUT2D eigenvalue weighted by Gasteiger charge is -2.13. The number of hydrogen-bond donors (Lipinski definition) is 0. The molecule has 1 fully saturated rings. The quantitative estimate of drug-likeness (QED) is 0.665. The third-order valence-corrected chi connectivity index (χ3v) is 3.00. The van der Waals surface area contributed by atoms with E-state index in [9.17, 15) is 13.2 Å². The maximum atomic E-state index is 11.9. The van der Waals surface area contributed by atoms with Crippen molar-refractivity contribution in [2.24, 2.45) is 17.8 Å². The van der Waals surface area contributed by atoms with Gasteiger partial charge in [0.05, 0.1) is 18.1 Å². The van der Waals surface area contributed by atoms with E-state index in [-0.39, 0.29) is 17.8 Å². The summed E-state index contributed by atoms with van der Waals surface area (Å²) in [5, 5.41) is 8.72. The molecule has 82 valence electrons. The van der Waals surface area contributed by atoms with Gasteiger partial charge < -0.3 is 4.74 Å². The minimum absolute atomic E-state index is 0.0441.